The lowest BCUT2D eigenvalue weighted by molar-refractivity contribution is -0.121. The van der Waals surface area contributed by atoms with Crippen LogP contribution in [-0.2, 0) is 27.8 Å². The molecular weight excluding hydrogens is 450 g/mol. The van der Waals surface area contributed by atoms with Crippen molar-refractivity contribution < 1.29 is 13.2 Å². The van der Waals surface area contributed by atoms with Crippen molar-refractivity contribution >= 4 is 49.0 Å². The second kappa shape index (κ2) is 8.85. The molecular formula is C25H23N5O3S. The van der Waals surface area contributed by atoms with E-state index in [1.54, 1.807) is 12.1 Å². The maximum absolute atomic E-state index is 12.5. The predicted octanol–water partition coefficient (Wildman–Crippen LogP) is 3.13. The van der Waals surface area contributed by atoms with Crippen LogP contribution < -0.4 is 10.5 Å². The lowest BCUT2D eigenvalue weighted by Crippen LogP contribution is -2.26. The number of amides is 1. The zero-order valence-electron chi connectivity index (χ0n) is 18.3. The van der Waals surface area contributed by atoms with Crippen molar-refractivity contribution in [3.8, 4) is 0 Å². The van der Waals surface area contributed by atoms with Gasteiger partial charge in [0.25, 0.3) is 0 Å². The first-order valence-corrected chi connectivity index (χ1v) is 12.5. The third kappa shape index (κ3) is 4.35. The van der Waals surface area contributed by atoms with Crippen LogP contribution in [0.3, 0.4) is 0 Å². The number of nitrogens with two attached hydrogens (primary N) is 1. The summed E-state index contributed by atoms with van der Waals surface area (Å²) in [7, 11) is -3.71. The number of carbonyl (C=O) groups excluding carboxylic acids is 1. The van der Waals surface area contributed by atoms with E-state index < -0.39 is 10.0 Å². The average Bonchev–Trinajstić information content (AvgIpc) is 3.13. The van der Waals surface area contributed by atoms with Crippen molar-refractivity contribution in [1.29, 1.82) is 0 Å². The van der Waals surface area contributed by atoms with Crippen molar-refractivity contribution in [2.45, 2.75) is 24.3 Å². The number of nitrogens with zero attached hydrogens (tertiary/aromatic N) is 3. The van der Waals surface area contributed by atoms with Gasteiger partial charge in [-0.25, -0.2) is 23.5 Å². The van der Waals surface area contributed by atoms with Crippen molar-refractivity contribution in [1.82, 2.24) is 19.9 Å². The zero-order valence-corrected chi connectivity index (χ0v) is 19.1. The molecule has 0 spiro atoms. The summed E-state index contributed by atoms with van der Waals surface area (Å²) in [5.41, 5.74) is 5.16. The van der Waals surface area contributed by atoms with Gasteiger partial charge in [-0.2, -0.15) is 0 Å². The molecule has 0 aliphatic heterocycles. The first kappa shape index (κ1) is 22.0. The molecule has 2 heterocycles. The Labute approximate surface area is 196 Å². The minimum Gasteiger partial charge on any atom is -0.356 e. The Balaban J connectivity index is 1.29. The SMILES string of the molecule is NS(=O)(=O)c1ccc(CCNC(=O)CCn2c3ccccc3c3nc4ccccc4nc32)cc1. The Hall–Kier alpha value is -3.82. The summed E-state index contributed by atoms with van der Waals surface area (Å²) in [6, 6.07) is 22.1. The summed E-state index contributed by atoms with van der Waals surface area (Å²) in [4.78, 5) is 22.3. The number of nitrogens with one attached hydrogen (secondary N) is 1. The van der Waals surface area contributed by atoms with Crippen molar-refractivity contribution in [2.75, 3.05) is 6.54 Å². The standard InChI is InChI=1S/C25H23N5O3S/c26-34(32,33)18-11-9-17(10-12-18)13-15-27-23(31)14-16-30-22-8-4-1-5-19(22)24-25(30)29-21-7-3-2-6-20(21)28-24/h1-12H,13-16H2,(H,27,31)(H2,26,32,33). The topological polar surface area (TPSA) is 120 Å². The average molecular weight is 474 g/mol. The van der Waals surface area contributed by atoms with Gasteiger partial charge in [0.1, 0.15) is 5.52 Å². The molecule has 0 radical (unpaired) electrons. The second-order valence-electron chi connectivity index (χ2n) is 8.09. The molecule has 0 saturated heterocycles. The highest BCUT2D eigenvalue weighted by Crippen LogP contribution is 2.28. The molecule has 0 aliphatic carbocycles. The van der Waals surface area contributed by atoms with E-state index in [1.807, 2.05) is 48.5 Å². The quantitative estimate of drug-likeness (QED) is 0.376. The Kier molecular flexibility index (Phi) is 5.72. The third-order valence-corrected chi connectivity index (χ3v) is 6.74. The molecule has 9 heteroatoms. The summed E-state index contributed by atoms with van der Waals surface area (Å²) in [5, 5.41) is 9.07. The van der Waals surface area contributed by atoms with Crippen LogP contribution in [0.15, 0.2) is 77.7 Å². The van der Waals surface area contributed by atoms with Crippen LogP contribution in [0.5, 0.6) is 0 Å². The number of hydrogen-bond donors (Lipinski definition) is 2. The number of aryl methyl sites for hydroxylation is 1. The van der Waals surface area contributed by atoms with Crippen LogP contribution in [0.1, 0.15) is 12.0 Å². The number of primary sulfonamides is 1. The van der Waals surface area contributed by atoms with Gasteiger partial charge in [0.2, 0.25) is 15.9 Å². The largest absolute Gasteiger partial charge is 0.356 e. The van der Waals surface area contributed by atoms with Gasteiger partial charge in [0, 0.05) is 24.9 Å². The molecule has 0 bridgehead atoms. The van der Waals surface area contributed by atoms with Gasteiger partial charge in [0.05, 0.1) is 21.4 Å². The van der Waals surface area contributed by atoms with Gasteiger partial charge < -0.3 is 9.88 Å². The van der Waals surface area contributed by atoms with Crippen LogP contribution in [0.4, 0.5) is 0 Å². The summed E-state index contributed by atoms with van der Waals surface area (Å²) in [6.07, 6.45) is 0.885. The summed E-state index contributed by atoms with van der Waals surface area (Å²) in [5.74, 6) is -0.0687. The molecule has 8 nitrogen and oxygen atoms in total. The highest BCUT2D eigenvalue weighted by atomic mass is 32.2. The summed E-state index contributed by atoms with van der Waals surface area (Å²) >= 11 is 0. The maximum Gasteiger partial charge on any atom is 0.238 e. The molecule has 3 N–H and O–H groups in total. The van der Waals surface area contributed by atoms with Gasteiger partial charge in [-0.15, -0.1) is 0 Å². The van der Waals surface area contributed by atoms with Gasteiger partial charge in [-0.05, 0) is 42.3 Å². The fraction of sp³-hybridized carbons (Fsp3) is 0.160. The number of carbonyl (C=O) groups is 1. The molecule has 0 saturated carbocycles. The first-order valence-electron chi connectivity index (χ1n) is 10.9. The second-order valence-corrected chi connectivity index (χ2v) is 9.65. The van der Waals surface area contributed by atoms with E-state index >= 15 is 0 Å². The number of hydrogen-bond acceptors (Lipinski definition) is 5. The van der Waals surface area contributed by atoms with Crippen LogP contribution in [0.25, 0.3) is 33.1 Å². The highest BCUT2D eigenvalue weighted by Gasteiger charge is 2.15. The molecule has 0 unspecified atom stereocenters. The Morgan fingerprint density at radius 3 is 2.32 bits per heavy atom. The van der Waals surface area contributed by atoms with E-state index in [0.717, 1.165) is 38.7 Å². The van der Waals surface area contributed by atoms with Crippen LogP contribution in [0, 0.1) is 0 Å². The molecule has 1 amide bonds. The number of sulfonamides is 1. The highest BCUT2D eigenvalue weighted by molar-refractivity contribution is 7.89. The summed E-state index contributed by atoms with van der Waals surface area (Å²) < 4.78 is 24.8. The smallest absolute Gasteiger partial charge is 0.238 e. The van der Waals surface area contributed by atoms with Crippen molar-refractivity contribution in [2.24, 2.45) is 5.14 Å². The lowest BCUT2D eigenvalue weighted by atomic mass is 10.1. The number of para-hydroxylation sites is 3. The molecule has 0 atom stereocenters. The van der Waals surface area contributed by atoms with E-state index in [9.17, 15) is 13.2 Å². The Morgan fingerprint density at radius 1 is 0.912 bits per heavy atom. The predicted molar refractivity (Wildman–Crippen MR) is 132 cm³/mol. The molecule has 0 fully saturated rings. The van der Waals surface area contributed by atoms with E-state index in [0.29, 0.717) is 25.9 Å². The van der Waals surface area contributed by atoms with E-state index in [4.69, 9.17) is 15.1 Å². The van der Waals surface area contributed by atoms with E-state index in [-0.39, 0.29) is 10.8 Å². The molecule has 34 heavy (non-hydrogen) atoms. The molecule has 3 aromatic carbocycles. The zero-order chi connectivity index (χ0) is 23.7. The van der Waals surface area contributed by atoms with Crippen LogP contribution in [0.2, 0.25) is 0 Å². The van der Waals surface area contributed by atoms with Gasteiger partial charge >= 0.3 is 0 Å². The maximum atomic E-state index is 12.5. The lowest BCUT2D eigenvalue weighted by Gasteiger charge is -2.09. The van der Waals surface area contributed by atoms with Crippen molar-refractivity contribution in [3.05, 3.63) is 78.4 Å². The molecule has 172 valence electrons. The first-order chi connectivity index (χ1) is 16.4. The number of benzene rings is 3. The van der Waals surface area contributed by atoms with Crippen molar-refractivity contribution in [3.63, 3.8) is 0 Å². The minimum absolute atomic E-state index is 0.0687. The fourth-order valence-corrected chi connectivity index (χ4v) is 4.62. The normalized spacial score (nSPS) is 11.9. The number of fused-ring (bicyclic) bond motifs is 4. The molecule has 0 aliphatic rings. The minimum atomic E-state index is -3.71. The molecule has 2 aromatic heterocycles. The van der Waals surface area contributed by atoms with E-state index in [2.05, 4.69) is 9.88 Å². The van der Waals surface area contributed by atoms with Crippen LogP contribution in [-0.4, -0.2) is 35.4 Å². The molecule has 5 aromatic rings. The Morgan fingerprint density at radius 2 is 1.59 bits per heavy atom. The monoisotopic (exact) mass is 473 g/mol. The number of aromatic nitrogens is 3. The third-order valence-electron chi connectivity index (χ3n) is 5.81. The van der Waals surface area contributed by atoms with E-state index in [1.165, 1.54) is 12.1 Å². The van der Waals surface area contributed by atoms with Gasteiger partial charge in [-0.1, -0.05) is 42.5 Å². The Bertz CT molecular complexity index is 1630. The fourth-order valence-electron chi connectivity index (χ4n) is 4.10. The van der Waals surface area contributed by atoms with Gasteiger partial charge in [0.15, 0.2) is 5.65 Å². The summed E-state index contributed by atoms with van der Waals surface area (Å²) in [6.45, 7) is 0.928. The van der Waals surface area contributed by atoms with Gasteiger partial charge in [-0.3, -0.25) is 4.79 Å². The van der Waals surface area contributed by atoms with Crippen LogP contribution >= 0.6 is 0 Å². The molecule has 5 rings (SSSR count). The number of rotatable bonds is 7.